The Morgan fingerprint density at radius 3 is 2.16 bits per heavy atom. The molecular weight excluding hydrogens is 257 g/mol. The normalized spacial score (nSPS) is 11.1. The van der Waals surface area contributed by atoms with E-state index < -0.39 is 12.1 Å². The van der Waals surface area contributed by atoms with Gasteiger partial charge in [0, 0.05) is 11.1 Å². The minimum Gasteiger partial charge on any atom is -0.406 e. The third-order valence-corrected chi connectivity index (χ3v) is 2.37. The average Bonchev–Trinajstić information content (AvgIpc) is 2.37. The van der Waals surface area contributed by atoms with E-state index in [4.69, 9.17) is 0 Å². The lowest BCUT2D eigenvalue weighted by molar-refractivity contribution is -0.274. The van der Waals surface area contributed by atoms with Crippen molar-refractivity contribution in [3.05, 3.63) is 65.7 Å². The number of hydrogen-bond acceptors (Lipinski definition) is 2. The molecule has 0 N–H and O–H groups in total. The van der Waals surface area contributed by atoms with E-state index in [0.29, 0.717) is 5.56 Å². The fraction of sp³-hybridized carbons (Fsp3) is 0.0714. The molecule has 2 rings (SSSR count). The van der Waals surface area contributed by atoms with Crippen LogP contribution in [0.25, 0.3) is 0 Å². The first-order valence-corrected chi connectivity index (χ1v) is 5.41. The Labute approximate surface area is 107 Å². The molecule has 0 saturated heterocycles. The van der Waals surface area contributed by atoms with Crippen molar-refractivity contribution in [3.8, 4) is 5.75 Å². The molecule has 0 aliphatic heterocycles. The largest absolute Gasteiger partial charge is 0.573 e. The molecule has 0 atom stereocenters. The van der Waals surface area contributed by atoms with E-state index in [1.54, 1.807) is 30.3 Å². The Morgan fingerprint density at radius 1 is 0.895 bits per heavy atom. The molecular formula is C14H9F3O2. The molecule has 2 aromatic carbocycles. The van der Waals surface area contributed by atoms with Crippen molar-refractivity contribution >= 4 is 5.78 Å². The first-order chi connectivity index (χ1) is 8.96. The zero-order chi connectivity index (χ0) is 13.9. The van der Waals surface area contributed by atoms with E-state index >= 15 is 0 Å². The Balaban J connectivity index is 2.27. The van der Waals surface area contributed by atoms with Crippen molar-refractivity contribution in [2.45, 2.75) is 6.36 Å². The van der Waals surface area contributed by atoms with Gasteiger partial charge in [0.05, 0.1) is 0 Å². The van der Waals surface area contributed by atoms with E-state index in [0.717, 1.165) is 12.1 Å². The van der Waals surface area contributed by atoms with Crippen LogP contribution in [0.15, 0.2) is 54.6 Å². The standard InChI is InChI=1S/C14H9F3O2/c15-14(16,17)19-12-8-4-7-11(9-12)13(18)10-5-2-1-3-6-10/h1-9H. The molecule has 0 amide bonds. The lowest BCUT2D eigenvalue weighted by atomic mass is 10.0. The van der Waals surface area contributed by atoms with Crippen LogP contribution in [0, 0.1) is 0 Å². The van der Waals surface area contributed by atoms with E-state index in [1.807, 2.05) is 0 Å². The van der Waals surface area contributed by atoms with Gasteiger partial charge in [-0.15, -0.1) is 13.2 Å². The number of alkyl halides is 3. The number of carbonyl (C=O) groups is 1. The van der Waals surface area contributed by atoms with Crippen molar-refractivity contribution in [3.63, 3.8) is 0 Å². The zero-order valence-corrected chi connectivity index (χ0v) is 9.65. The maximum atomic E-state index is 12.1. The van der Waals surface area contributed by atoms with Gasteiger partial charge in [0.15, 0.2) is 5.78 Å². The first kappa shape index (κ1) is 13.1. The quantitative estimate of drug-likeness (QED) is 0.789. The molecule has 2 aromatic rings. The van der Waals surface area contributed by atoms with Crippen molar-refractivity contribution in [2.24, 2.45) is 0 Å². The molecule has 0 unspecified atom stereocenters. The average molecular weight is 266 g/mol. The number of benzene rings is 2. The minimum absolute atomic E-state index is 0.146. The predicted octanol–water partition coefficient (Wildman–Crippen LogP) is 3.82. The minimum atomic E-state index is -4.77. The van der Waals surface area contributed by atoms with Crippen LogP contribution >= 0.6 is 0 Å². The second-order valence-electron chi connectivity index (χ2n) is 3.77. The highest BCUT2D eigenvalue weighted by Crippen LogP contribution is 2.24. The fourth-order valence-corrected chi connectivity index (χ4v) is 1.59. The summed E-state index contributed by atoms with van der Waals surface area (Å²) >= 11 is 0. The van der Waals surface area contributed by atoms with Crippen LogP contribution in [0.4, 0.5) is 13.2 Å². The fourth-order valence-electron chi connectivity index (χ4n) is 1.59. The molecule has 19 heavy (non-hydrogen) atoms. The van der Waals surface area contributed by atoms with Gasteiger partial charge in [0.1, 0.15) is 5.75 Å². The van der Waals surface area contributed by atoms with Crippen LogP contribution in [-0.4, -0.2) is 12.1 Å². The highest BCUT2D eigenvalue weighted by molar-refractivity contribution is 6.09. The van der Waals surface area contributed by atoms with Crippen LogP contribution in [0.1, 0.15) is 15.9 Å². The van der Waals surface area contributed by atoms with Crippen LogP contribution in [-0.2, 0) is 0 Å². The molecule has 0 aliphatic rings. The second kappa shape index (κ2) is 5.14. The van der Waals surface area contributed by atoms with Crippen molar-refractivity contribution in [1.82, 2.24) is 0 Å². The molecule has 98 valence electrons. The topological polar surface area (TPSA) is 26.3 Å². The highest BCUT2D eigenvalue weighted by Gasteiger charge is 2.31. The van der Waals surface area contributed by atoms with Crippen LogP contribution in [0.3, 0.4) is 0 Å². The summed E-state index contributed by atoms with van der Waals surface area (Å²) in [5.74, 6) is -0.762. The molecule has 0 saturated carbocycles. The SMILES string of the molecule is O=C(c1ccccc1)c1cccc(OC(F)(F)F)c1. The molecule has 5 heteroatoms. The van der Waals surface area contributed by atoms with E-state index in [2.05, 4.69) is 4.74 Å². The summed E-state index contributed by atoms with van der Waals surface area (Å²) in [4.78, 5) is 12.0. The van der Waals surface area contributed by atoms with Gasteiger partial charge in [-0.25, -0.2) is 0 Å². The Kier molecular flexibility index (Phi) is 3.55. The van der Waals surface area contributed by atoms with Gasteiger partial charge in [0.2, 0.25) is 0 Å². The van der Waals surface area contributed by atoms with E-state index in [1.165, 1.54) is 12.1 Å². The number of hydrogen-bond donors (Lipinski definition) is 0. The van der Waals surface area contributed by atoms with Gasteiger partial charge >= 0.3 is 6.36 Å². The van der Waals surface area contributed by atoms with E-state index in [9.17, 15) is 18.0 Å². The smallest absolute Gasteiger partial charge is 0.406 e. The third-order valence-electron chi connectivity index (χ3n) is 2.37. The maximum Gasteiger partial charge on any atom is 0.573 e. The molecule has 0 radical (unpaired) electrons. The molecule has 0 aromatic heterocycles. The van der Waals surface area contributed by atoms with Crippen molar-refractivity contribution in [2.75, 3.05) is 0 Å². The predicted molar refractivity (Wildman–Crippen MR) is 63.0 cm³/mol. The molecule has 0 bridgehead atoms. The Bertz CT molecular complexity index is 577. The third kappa shape index (κ3) is 3.58. The van der Waals surface area contributed by atoms with Crippen molar-refractivity contribution < 1.29 is 22.7 Å². The highest BCUT2D eigenvalue weighted by atomic mass is 19.4. The number of carbonyl (C=O) groups excluding carboxylic acids is 1. The van der Waals surface area contributed by atoms with Crippen LogP contribution < -0.4 is 4.74 Å². The summed E-state index contributed by atoms with van der Waals surface area (Å²) in [5.41, 5.74) is 0.555. The van der Waals surface area contributed by atoms with Crippen LogP contribution in [0.5, 0.6) is 5.75 Å². The molecule has 0 aliphatic carbocycles. The monoisotopic (exact) mass is 266 g/mol. The lowest BCUT2D eigenvalue weighted by Gasteiger charge is -2.09. The van der Waals surface area contributed by atoms with Crippen LogP contribution in [0.2, 0.25) is 0 Å². The second-order valence-corrected chi connectivity index (χ2v) is 3.77. The lowest BCUT2D eigenvalue weighted by Crippen LogP contribution is -2.17. The van der Waals surface area contributed by atoms with Gasteiger partial charge in [-0.3, -0.25) is 4.79 Å². The number of halogens is 3. The van der Waals surface area contributed by atoms with Gasteiger partial charge in [-0.1, -0.05) is 42.5 Å². The Hall–Kier alpha value is -2.30. The summed E-state index contributed by atoms with van der Waals surface area (Å²) < 4.78 is 40.0. The first-order valence-electron chi connectivity index (χ1n) is 5.41. The number of rotatable bonds is 3. The van der Waals surface area contributed by atoms with E-state index in [-0.39, 0.29) is 11.3 Å². The van der Waals surface area contributed by atoms with Gasteiger partial charge in [0.25, 0.3) is 0 Å². The van der Waals surface area contributed by atoms with Gasteiger partial charge in [-0.05, 0) is 12.1 Å². The molecule has 2 nitrogen and oxygen atoms in total. The summed E-state index contributed by atoms with van der Waals surface area (Å²) in [5, 5.41) is 0. The maximum absolute atomic E-state index is 12.1. The molecule has 0 spiro atoms. The number of ketones is 1. The van der Waals surface area contributed by atoms with Crippen molar-refractivity contribution in [1.29, 1.82) is 0 Å². The summed E-state index contributed by atoms with van der Waals surface area (Å²) in [7, 11) is 0. The number of ether oxygens (including phenoxy) is 1. The molecule has 0 fully saturated rings. The zero-order valence-electron chi connectivity index (χ0n) is 9.65. The summed E-state index contributed by atoms with van der Waals surface area (Å²) in [6, 6.07) is 13.3. The Morgan fingerprint density at radius 2 is 1.53 bits per heavy atom. The van der Waals surface area contributed by atoms with Gasteiger partial charge in [-0.2, -0.15) is 0 Å². The molecule has 0 heterocycles. The summed E-state index contributed by atoms with van der Waals surface area (Å²) in [6.45, 7) is 0. The van der Waals surface area contributed by atoms with Gasteiger partial charge < -0.3 is 4.74 Å². The summed E-state index contributed by atoms with van der Waals surface area (Å²) in [6.07, 6.45) is -4.77.